The van der Waals surface area contributed by atoms with Gasteiger partial charge in [-0.3, -0.25) is 44.3 Å². The third kappa shape index (κ3) is 8.06. The molecule has 300 valence electrons. The molecule has 16 nitrogen and oxygen atoms in total. The number of imide groups is 2. The van der Waals surface area contributed by atoms with Gasteiger partial charge >= 0.3 is 0 Å². The summed E-state index contributed by atoms with van der Waals surface area (Å²) in [5.41, 5.74) is 4.02. The lowest BCUT2D eigenvalue weighted by Crippen LogP contribution is -2.54. The highest BCUT2D eigenvalue weighted by atomic mass is 16.5. The van der Waals surface area contributed by atoms with Crippen LogP contribution in [0.15, 0.2) is 48.8 Å². The average Bonchev–Trinajstić information content (AvgIpc) is 3.73. The van der Waals surface area contributed by atoms with Crippen LogP contribution >= 0.6 is 0 Å². The number of aromatic nitrogens is 4. The fraction of sp³-hybridized carbons (Fsp3) is 0.488. The lowest BCUT2D eigenvalue weighted by Gasteiger charge is -2.41. The standard InChI is InChI=1S/C41H51N11O5/c1-26(2)57-29-6-8-33-32(22-29)38(46-45-33)34-23-36(43-25-42-34)51-20-19-49(27(3)24-51)16-12-47(4)11-13-48-14-17-50(18-15-48)28-5-7-30-31(21-28)41(56)52(40(30)55)35-9-10-37(53)44-39(35)54/h5-8,21-23,25-27,35H,9-20,24H2,1-4H3,(H,45,46)(H,44,53,54)/t27-,35?/m0/s1. The summed E-state index contributed by atoms with van der Waals surface area (Å²) in [5.74, 6) is -0.228. The fourth-order valence-electron chi connectivity index (χ4n) is 8.33. The van der Waals surface area contributed by atoms with Crippen molar-refractivity contribution in [1.29, 1.82) is 0 Å². The number of hydrogen-bond acceptors (Lipinski definition) is 13. The van der Waals surface area contributed by atoms with E-state index in [1.165, 1.54) is 0 Å². The van der Waals surface area contributed by atoms with E-state index in [1.54, 1.807) is 18.5 Å². The Bertz CT molecular complexity index is 2170. The van der Waals surface area contributed by atoms with Crippen molar-refractivity contribution in [3.8, 4) is 17.1 Å². The first-order chi connectivity index (χ1) is 27.5. The van der Waals surface area contributed by atoms with Crippen molar-refractivity contribution in [3.63, 3.8) is 0 Å². The lowest BCUT2D eigenvalue weighted by molar-refractivity contribution is -0.136. The van der Waals surface area contributed by atoms with E-state index in [-0.39, 0.29) is 24.9 Å². The predicted molar refractivity (Wildman–Crippen MR) is 215 cm³/mol. The van der Waals surface area contributed by atoms with Gasteiger partial charge in [-0.05, 0) is 70.6 Å². The van der Waals surface area contributed by atoms with E-state index in [0.717, 1.165) is 116 Å². The molecule has 57 heavy (non-hydrogen) atoms. The fourth-order valence-corrected chi connectivity index (χ4v) is 8.33. The SMILES string of the molecule is CC(C)Oc1ccc2[nH]nc(-c3cc(N4CCN(CCN(C)CCN5CCN(c6ccc7c(c6)C(=O)N(C6CCC(=O)NC6=O)C7=O)CC5)[C@@H](C)C4)ncn3)c2c1. The van der Waals surface area contributed by atoms with Gasteiger partial charge in [-0.15, -0.1) is 0 Å². The maximum Gasteiger partial charge on any atom is 0.262 e. The van der Waals surface area contributed by atoms with Crippen molar-refractivity contribution in [2.75, 3.05) is 88.8 Å². The summed E-state index contributed by atoms with van der Waals surface area (Å²) in [7, 11) is 2.19. The Kier molecular flexibility index (Phi) is 10.9. The largest absolute Gasteiger partial charge is 0.491 e. The second kappa shape index (κ2) is 16.2. The number of hydrogen-bond donors (Lipinski definition) is 2. The number of nitrogens with one attached hydrogen (secondary N) is 2. The molecule has 8 rings (SSSR count). The third-order valence-corrected chi connectivity index (χ3v) is 11.6. The molecule has 2 aromatic carbocycles. The molecule has 4 aliphatic heterocycles. The van der Waals surface area contributed by atoms with Crippen molar-refractivity contribution in [3.05, 3.63) is 59.9 Å². The Morgan fingerprint density at radius 3 is 2.42 bits per heavy atom. The second-order valence-electron chi connectivity index (χ2n) is 15.8. The van der Waals surface area contributed by atoms with Crippen molar-refractivity contribution < 1.29 is 23.9 Å². The number of piperidine rings is 1. The Morgan fingerprint density at radius 2 is 1.65 bits per heavy atom. The molecule has 4 aromatic rings. The van der Waals surface area contributed by atoms with Crippen molar-refractivity contribution >= 4 is 46.0 Å². The number of H-pyrrole nitrogens is 1. The quantitative estimate of drug-likeness (QED) is 0.202. The highest BCUT2D eigenvalue weighted by molar-refractivity contribution is 6.23. The van der Waals surface area contributed by atoms with Crippen LogP contribution in [0.1, 0.15) is 54.3 Å². The van der Waals surface area contributed by atoms with Crippen molar-refractivity contribution in [1.82, 2.24) is 45.1 Å². The van der Waals surface area contributed by atoms with Crippen molar-refractivity contribution in [2.45, 2.75) is 51.8 Å². The number of benzene rings is 2. The summed E-state index contributed by atoms with van der Waals surface area (Å²) in [5, 5.41) is 10.9. The summed E-state index contributed by atoms with van der Waals surface area (Å²) in [6, 6.07) is 12.8. The molecule has 4 amide bonds. The molecule has 3 fully saturated rings. The maximum absolute atomic E-state index is 13.3. The van der Waals surface area contributed by atoms with Gasteiger partial charge < -0.3 is 19.4 Å². The minimum absolute atomic E-state index is 0.0823. The van der Waals surface area contributed by atoms with E-state index in [2.05, 4.69) is 64.0 Å². The first-order valence-corrected chi connectivity index (χ1v) is 20.0. The second-order valence-corrected chi connectivity index (χ2v) is 15.8. The molecule has 0 radical (unpaired) electrons. The molecular weight excluding hydrogens is 727 g/mol. The van der Waals surface area contributed by atoms with E-state index in [0.29, 0.717) is 17.2 Å². The van der Waals surface area contributed by atoms with Gasteiger partial charge in [0.15, 0.2) is 0 Å². The minimum atomic E-state index is -0.964. The summed E-state index contributed by atoms with van der Waals surface area (Å²) in [6.07, 6.45) is 1.95. The Hall–Kier alpha value is -5.45. The van der Waals surface area contributed by atoms with Gasteiger partial charge in [-0.25, -0.2) is 9.97 Å². The smallest absolute Gasteiger partial charge is 0.262 e. The number of ether oxygens (including phenoxy) is 1. The summed E-state index contributed by atoms with van der Waals surface area (Å²) >= 11 is 0. The Balaban J connectivity index is 0.781. The van der Waals surface area contributed by atoms with E-state index in [4.69, 9.17) is 4.74 Å². The zero-order valence-electron chi connectivity index (χ0n) is 33.1. The van der Waals surface area contributed by atoms with Crippen LogP contribution < -0.4 is 19.9 Å². The number of rotatable bonds is 12. The molecule has 2 atom stereocenters. The van der Waals surface area contributed by atoms with Crippen LogP contribution in [-0.2, 0) is 9.59 Å². The molecule has 2 N–H and O–H groups in total. The van der Waals surface area contributed by atoms with Crippen LogP contribution in [0.2, 0.25) is 0 Å². The number of likely N-dealkylation sites (N-methyl/N-ethyl adjacent to an activating group) is 1. The highest BCUT2D eigenvalue weighted by Crippen LogP contribution is 2.32. The zero-order chi connectivity index (χ0) is 39.8. The molecule has 0 saturated carbocycles. The Labute approximate surface area is 332 Å². The molecular formula is C41H51N11O5. The number of carbonyl (C=O) groups excluding carboxylic acids is 4. The lowest BCUT2D eigenvalue weighted by atomic mass is 10.0. The number of fused-ring (bicyclic) bond motifs is 2. The van der Waals surface area contributed by atoms with Gasteiger partial charge in [-0.1, -0.05) is 0 Å². The molecule has 0 bridgehead atoms. The number of piperazine rings is 2. The van der Waals surface area contributed by atoms with Gasteiger partial charge in [0.05, 0.1) is 28.4 Å². The van der Waals surface area contributed by atoms with Crippen LogP contribution in [0.4, 0.5) is 11.5 Å². The monoisotopic (exact) mass is 777 g/mol. The average molecular weight is 778 g/mol. The van der Waals surface area contributed by atoms with Crippen LogP contribution in [0.3, 0.4) is 0 Å². The first-order valence-electron chi connectivity index (χ1n) is 20.0. The highest BCUT2D eigenvalue weighted by Gasteiger charge is 2.45. The molecule has 4 aliphatic rings. The summed E-state index contributed by atoms with van der Waals surface area (Å²) in [6.45, 7) is 16.4. The summed E-state index contributed by atoms with van der Waals surface area (Å²) in [4.78, 5) is 72.8. The molecule has 16 heteroatoms. The van der Waals surface area contributed by atoms with Gasteiger partial charge in [0.1, 0.15) is 29.6 Å². The van der Waals surface area contributed by atoms with Crippen molar-refractivity contribution in [2.24, 2.45) is 0 Å². The molecule has 0 spiro atoms. The van der Waals surface area contributed by atoms with Gasteiger partial charge in [0.25, 0.3) is 11.8 Å². The van der Waals surface area contributed by atoms with Crippen LogP contribution in [-0.4, -0.2) is 161 Å². The van der Waals surface area contributed by atoms with E-state index >= 15 is 0 Å². The number of aromatic amines is 1. The van der Waals surface area contributed by atoms with E-state index in [9.17, 15) is 19.2 Å². The molecule has 6 heterocycles. The van der Waals surface area contributed by atoms with E-state index < -0.39 is 23.8 Å². The van der Waals surface area contributed by atoms with E-state index in [1.807, 2.05) is 44.2 Å². The number of amides is 4. The molecule has 1 unspecified atom stereocenters. The number of nitrogens with zero attached hydrogens (tertiary/aromatic N) is 9. The van der Waals surface area contributed by atoms with Crippen LogP contribution in [0, 0.1) is 0 Å². The number of carbonyl (C=O) groups is 4. The first kappa shape index (κ1) is 38.4. The topological polar surface area (TPSA) is 163 Å². The molecule has 0 aliphatic carbocycles. The van der Waals surface area contributed by atoms with Gasteiger partial charge in [0, 0.05) is 102 Å². The minimum Gasteiger partial charge on any atom is -0.491 e. The van der Waals surface area contributed by atoms with Gasteiger partial charge in [0.2, 0.25) is 11.8 Å². The van der Waals surface area contributed by atoms with Crippen LogP contribution in [0.25, 0.3) is 22.3 Å². The maximum atomic E-state index is 13.3. The third-order valence-electron chi connectivity index (χ3n) is 11.6. The summed E-state index contributed by atoms with van der Waals surface area (Å²) < 4.78 is 5.93. The number of anilines is 2. The molecule has 2 aromatic heterocycles. The van der Waals surface area contributed by atoms with Gasteiger partial charge in [-0.2, -0.15) is 5.10 Å². The molecule has 3 saturated heterocycles. The normalized spacial score (nSPS) is 21.0. The zero-order valence-corrected chi connectivity index (χ0v) is 33.1. The van der Waals surface area contributed by atoms with Crippen LogP contribution in [0.5, 0.6) is 5.75 Å². The predicted octanol–water partition coefficient (Wildman–Crippen LogP) is 2.47. The Morgan fingerprint density at radius 1 is 0.877 bits per heavy atom.